The van der Waals surface area contributed by atoms with Gasteiger partial charge in [-0.05, 0) is 11.8 Å². The molecule has 0 heterocycles. The van der Waals surface area contributed by atoms with Gasteiger partial charge in [0, 0.05) is 0 Å². The highest BCUT2D eigenvalue weighted by atomic mass is 16.7. The second-order valence-corrected chi connectivity index (χ2v) is 3.07. The molecule has 4 heteroatoms. The minimum atomic E-state index is -0.630. The molecule has 0 aromatic carbocycles. The molecule has 0 fully saturated rings. The molecule has 11 heavy (non-hydrogen) atoms. The molecule has 0 rings (SSSR count). The van der Waals surface area contributed by atoms with Gasteiger partial charge in [0.15, 0.2) is 5.03 Å². The van der Waals surface area contributed by atoms with E-state index in [2.05, 4.69) is 5.10 Å². The van der Waals surface area contributed by atoms with Gasteiger partial charge in [-0.25, -0.2) is 10.1 Å². The fourth-order valence-corrected chi connectivity index (χ4v) is 0.992. The standard InChI is InChI=1S/C7H14N2O2/c1-5(2)7(6(3)4)8-9(10)11/h5-6H,1-4H3. The molecule has 0 aliphatic heterocycles. The molecule has 64 valence electrons. The van der Waals surface area contributed by atoms with Crippen LogP contribution in [0.3, 0.4) is 0 Å². The van der Waals surface area contributed by atoms with E-state index in [1.807, 2.05) is 27.7 Å². The molecule has 0 N–H and O–H groups in total. The summed E-state index contributed by atoms with van der Waals surface area (Å²) in [5.41, 5.74) is 0.648. The Bertz CT molecular complexity index is 163. The fourth-order valence-electron chi connectivity index (χ4n) is 0.992. The van der Waals surface area contributed by atoms with Crippen molar-refractivity contribution in [2.75, 3.05) is 0 Å². The Morgan fingerprint density at radius 1 is 1.27 bits per heavy atom. The second-order valence-electron chi connectivity index (χ2n) is 3.07. The minimum absolute atomic E-state index is 0.153. The van der Waals surface area contributed by atoms with Gasteiger partial charge in [0.1, 0.15) is 0 Å². The highest BCUT2D eigenvalue weighted by Crippen LogP contribution is 2.07. The van der Waals surface area contributed by atoms with Crippen LogP contribution in [0.25, 0.3) is 0 Å². The van der Waals surface area contributed by atoms with Crippen molar-refractivity contribution < 1.29 is 5.03 Å². The van der Waals surface area contributed by atoms with Crippen molar-refractivity contribution in [2.45, 2.75) is 27.7 Å². The van der Waals surface area contributed by atoms with E-state index in [-0.39, 0.29) is 11.8 Å². The predicted octanol–water partition coefficient (Wildman–Crippen LogP) is 1.93. The lowest BCUT2D eigenvalue weighted by Gasteiger charge is -2.08. The van der Waals surface area contributed by atoms with Gasteiger partial charge in [-0.3, -0.25) is 0 Å². The smallest absolute Gasteiger partial charge is 0.190 e. The highest BCUT2D eigenvalue weighted by Gasteiger charge is 2.13. The number of hydrogen-bond donors (Lipinski definition) is 0. The first-order chi connectivity index (χ1) is 4.95. The van der Waals surface area contributed by atoms with Gasteiger partial charge in [0.05, 0.1) is 10.8 Å². The molecule has 0 aliphatic rings. The van der Waals surface area contributed by atoms with E-state index < -0.39 is 5.03 Å². The molecule has 0 aromatic rings. The molecule has 0 aliphatic carbocycles. The topological polar surface area (TPSA) is 55.5 Å². The Labute approximate surface area is 66.4 Å². The first kappa shape index (κ1) is 10.1. The van der Waals surface area contributed by atoms with Crippen LogP contribution in [-0.2, 0) is 0 Å². The van der Waals surface area contributed by atoms with Gasteiger partial charge >= 0.3 is 0 Å². The van der Waals surface area contributed by atoms with Gasteiger partial charge in [0.25, 0.3) is 0 Å². The van der Waals surface area contributed by atoms with E-state index in [0.717, 1.165) is 0 Å². The number of hydrogen-bond acceptors (Lipinski definition) is 2. The first-order valence-corrected chi connectivity index (χ1v) is 3.68. The third-order valence-corrected chi connectivity index (χ3v) is 1.38. The van der Waals surface area contributed by atoms with Crippen molar-refractivity contribution in [3.8, 4) is 0 Å². The summed E-state index contributed by atoms with van der Waals surface area (Å²) in [5.74, 6) is 0.306. The normalized spacial score (nSPS) is 10.4. The lowest BCUT2D eigenvalue weighted by Crippen LogP contribution is -2.16. The summed E-state index contributed by atoms with van der Waals surface area (Å²) in [6.07, 6.45) is 0. The third-order valence-electron chi connectivity index (χ3n) is 1.38. The van der Waals surface area contributed by atoms with E-state index in [1.54, 1.807) is 0 Å². The predicted molar refractivity (Wildman–Crippen MR) is 44.1 cm³/mol. The van der Waals surface area contributed by atoms with Crippen molar-refractivity contribution in [3.63, 3.8) is 0 Å². The van der Waals surface area contributed by atoms with Crippen molar-refractivity contribution >= 4 is 5.71 Å². The lowest BCUT2D eigenvalue weighted by molar-refractivity contribution is -0.485. The molecular formula is C7H14N2O2. The van der Waals surface area contributed by atoms with E-state index in [4.69, 9.17) is 0 Å². The summed E-state index contributed by atoms with van der Waals surface area (Å²) in [6.45, 7) is 7.62. The summed E-state index contributed by atoms with van der Waals surface area (Å²) in [7, 11) is 0. The van der Waals surface area contributed by atoms with Crippen molar-refractivity contribution in [3.05, 3.63) is 10.1 Å². The molecule has 0 radical (unpaired) electrons. The van der Waals surface area contributed by atoms with Crippen LogP contribution in [0.5, 0.6) is 0 Å². The number of nitrogens with zero attached hydrogens (tertiary/aromatic N) is 2. The van der Waals surface area contributed by atoms with Crippen LogP contribution in [0.1, 0.15) is 27.7 Å². The first-order valence-electron chi connectivity index (χ1n) is 3.68. The average Bonchev–Trinajstić information content (AvgIpc) is 1.81. The zero-order chi connectivity index (χ0) is 9.02. The van der Waals surface area contributed by atoms with Crippen LogP contribution < -0.4 is 0 Å². The molecule has 0 aromatic heterocycles. The molecule has 0 saturated carbocycles. The molecule has 0 amide bonds. The minimum Gasteiger partial charge on any atom is -0.233 e. The number of nitro groups is 1. The largest absolute Gasteiger partial charge is 0.233 e. The van der Waals surface area contributed by atoms with Crippen LogP contribution in [0.2, 0.25) is 0 Å². The Morgan fingerprint density at radius 3 is 1.73 bits per heavy atom. The molecule has 0 spiro atoms. The number of hydrazone groups is 1. The summed E-state index contributed by atoms with van der Waals surface area (Å²) in [6, 6.07) is 0. The van der Waals surface area contributed by atoms with E-state index >= 15 is 0 Å². The molecule has 0 saturated heterocycles. The third kappa shape index (κ3) is 3.70. The van der Waals surface area contributed by atoms with Gasteiger partial charge < -0.3 is 0 Å². The van der Waals surface area contributed by atoms with Crippen molar-refractivity contribution in [1.29, 1.82) is 0 Å². The van der Waals surface area contributed by atoms with Crippen molar-refractivity contribution in [1.82, 2.24) is 0 Å². The molecule has 0 unspecified atom stereocenters. The Kier molecular flexibility index (Phi) is 3.71. The summed E-state index contributed by atoms with van der Waals surface area (Å²) >= 11 is 0. The second kappa shape index (κ2) is 4.05. The zero-order valence-electron chi connectivity index (χ0n) is 7.37. The Hall–Kier alpha value is -0.930. The molecule has 0 atom stereocenters. The SMILES string of the molecule is CC(C)C(=N[N+](=O)[O-])C(C)C. The maximum absolute atomic E-state index is 10.0. The van der Waals surface area contributed by atoms with E-state index in [0.29, 0.717) is 5.71 Å². The summed E-state index contributed by atoms with van der Waals surface area (Å²) in [4.78, 5) is 10.0. The monoisotopic (exact) mass is 158 g/mol. The fraction of sp³-hybridized carbons (Fsp3) is 0.857. The van der Waals surface area contributed by atoms with Gasteiger partial charge in [0.2, 0.25) is 0 Å². The summed E-state index contributed by atoms with van der Waals surface area (Å²) < 4.78 is 0. The Balaban J connectivity index is 4.46. The highest BCUT2D eigenvalue weighted by molar-refractivity contribution is 5.87. The average molecular weight is 158 g/mol. The number of rotatable bonds is 3. The van der Waals surface area contributed by atoms with Crippen LogP contribution in [-0.4, -0.2) is 10.7 Å². The molecule has 4 nitrogen and oxygen atoms in total. The van der Waals surface area contributed by atoms with Crippen LogP contribution in [0, 0.1) is 22.0 Å². The maximum atomic E-state index is 10.0. The zero-order valence-corrected chi connectivity index (χ0v) is 7.37. The maximum Gasteiger partial charge on any atom is 0.190 e. The van der Waals surface area contributed by atoms with Crippen molar-refractivity contribution in [2.24, 2.45) is 16.9 Å². The summed E-state index contributed by atoms with van der Waals surface area (Å²) in [5, 5.41) is 12.7. The van der Waals surface area contributed by atoms with E-state index in [9.17, 15) is 10.1 Å². The van der Waals surface area contributed by atoms with Crippen LogP contribution in [0.15, 0.2) is 5.10 Å². The van der Waals surface area contributed by atoms with E-state index in [1.165, 1.54) is 0 Å². The van der Waals surface area contributed by atoms with Gasteiger partial charge in [-0.15, -0.1) is 0 Å². The van der Waals surface area contributed by atoms with Gasteiger partial charge in [-0.2, -0.15) is 0 Å². The molecular weight excluding hydrogens is 144 g/mol. The van der Waals surface area contributed by atoms with Gasteiger partial charge in [-0.1, -0.05) is 27.7 Å². The van der Waals surface area contributed by atoms with Crippen LogP contribution >= 0.6 is 0 Å². The molecule has 0 bridgehead atoms. The van der Waals surface area contributed by atoms with Crippen LogP contribution in [0.4, 0.5) is 0 Å². The lowest BCUT2D eigenvalue weighted by atomic mass is 9.98. The Morgan fingerprint density at radius 2 is 1.64 bits per heavy atom. The quantitative estimate of drug-likeness (QED) is 0.358.